The highest BCUT2D eigenvalue weighted by molar-refractivity contribution is 5.71. The zero-order chi connectivity index (χ0) is 19.9. The molecule has 146 valence electrons. The summed E-state index contributed by atoms with van der Waals surface area (Å²) >= 11 is 0. The van der Waals surface area contributed by atoms with Crippen LogP contribution in [0.4, 0.5) is 8.78 Å². The third-order valence-electron chi connectivity index (χ3n) is 4.81. The molecule has 0 spiro atoms. The summed E-state index contributed by atoms with van der Waals surface area (Å²) < 4.78 is 34.0. The molecule has 0 radical (unpaired) electrons. The quantitative estimate of drug-likeness (QED) is 0.395. The fourth-order valence-electron chi connectivity index (χ4n) is 3.17. The van der Waals surface area contributed by atoms with Crippen molar-refractivity contribution in [2.45, 2.75) is 39.5 Å². The highest BCUT2D eigenvalue weighted by Gasteiger charge is 2.15. The van der Waals surface area contributed by atoms with Crippen LogP contribution in [0.15, 0.2) is 60.7 Å². The van der Waals surface area contributed by atoms with Gasteiger partial charge in [-0.25, -0.2) is 4.39 Å². The Balaban J connectivity index is 1.80. The molecule has 0 aliphatic heterocycles. The van der Waals surface area contributed by atoms with Gasteiger partial charge in [0.25, 0.3) is 0 Å². The second kappa shape index (κ2) is 9.50. The molecule has 0 saturated carbocycles. The molecule has 0 heterocycles. The van der Waals surface area contributed by atoms with E-state index in [4.69, 9.17) is 4.74 Å². The maximum absolute atomic E-state index is 14.5. The zero-order valence-corrected chi connectivity index (χ0v) is 16.5. The number of rotatable bonds is 8. The monoisotopic (exact) mass is 380 g/mol. The Kier molecular flexibility index (Phi) is 6.80. The average Bonchev–Trinajstić information content (AvgIpc) is 2.74. The Morgan fingerprint density at radius 3 is 1.89 bits per heavy atom. The number of halogens is 2. The van der Waals surface area contributed by atoms with Gasteiger partial charge in [-0.2, -0.15) is 4.39 Å². The normalized spacial score (nSPS) is 10.9. The fraction of sp³-hybridized carbons (Fsp3) is 0.280. The molecule has 0 aromatic heterocycles. The van der Waals surface area contributed by atoms with E-state index in [2.05, 4.69) is 31.2 Å². The molecule has 0 unspecified atom stereocenters. The molecule has 0 aliphatic rings. The number of unbranched alkanes of at least 4 members (excludes halogenated alkanes) is 1. The standard InChI is InChI=1S/C25H26F2O/c1-3-5-6-18-7-9-19(10-8-18)20-11-13-21(14-12-20)22-15-16-23(28-17-4-2)25(27)24(22)26/h7-16H,3-6,17H2,1-2H3. The van der Waals surface area contributed by atoms with Crippen molar-refractivity contribution in [2.75, 3.05) is 6.61 Å². The lowest BCUT2D eigenvalue weighted by molar-refractivity contribution is 0.295. The lowest BCUT2D eigenvalue weighted by atomic mass is 9.98. The summed E-state index contributed by atoms with van der Waals surface area (Å²) in [4.78, 5) is 0. The van der Waals surface area contributed by atoms with Crippen molar-refractivity contribution >= 4 is 0 Å². The summed E-state index contributed by atoms with van der Waals surface area (Å²) in [5.41, 5.74) is 4.38. The predicted molar refractivity (Wildman–Crippen MR) is 112 cm³/mol. The SMILES string of the molecule is CCCCc1ccc(-c2ccc(-c3ccc(OCCC)c(F)c3F)cc2)cc1. The molecule has 0 fully saturated rings. The third kappa shape index (κ3) is 4.59. The Labute approximate surface area is 166 Å². The van der Waals surface area contributed by atoms with Crippen LogP contribution in [0, 0.1) is 11.6 Å². The molecule has 3 rings (SSSR count). The minimum Gasteiger partial charge on any atom is -0.490 e. The van der Waals surface area contributed by atoms with E-state index in [1.807, 2.05) is 31.2 Å². The molecule has 28 heavy (non-hydrogen) atoms. The van der Waals surface area contributed by atoms with E-state index in [1.54, 1.807) is 6.07 Å². The summed E-state index contributed by atoms with van der Waals surface area (Å²) in [5.74, 6) is -1.85. The lowest BCUT2D eigenvalue weighted by Gasteiger charge is -2.10. The van der Waals surface area contributed by atoms with Crippen molar-refractivity contribution < 1.29 is 13.5 Å². The molecule has 3 aromatic carbocycles. The number of hydrogen-bond donors (Lipinski definition) is 0. The van der Waals surface area contributed by atoms with Crippen molar-refractivity contribution in [3.05, 3.63) is 77.9 Å². The van der Waals surface area contributed by atoms with Crippen LogP contribution in [0.5, 0.6) is 5.75 Å². The highest BCUT2D eigenvalue weighted by Crippen LogP contribution is 2.31. The smallest absolute Gasteiger partial charge is 0.201 e. The Morgan fingerprint density at radius 1 is 0.679 bits per heavy atom. The fourth-order valence-corrected chi connectivity index (χ4v) is 3.17. The first-order valence-corrected chi connectivity index (χ1v) is 9.94. The lowest BCUT2D eigenvalue weighted by Crippen LogP contribution is -2.00. The molecule has 0 saturated heterocycles. The van der Waals surface area contributed by atoms with Crippen molar-refractivity contribution in [1.82, 2.24) is 0 Å². The molecule has 3 heteroatoms. The van der Waals surface area contributed by atoms with Gasteiger partial charge in [0.2, 0.25) is 5.82 Å². The van der Waals surface area contributed by atoms with E-state index < -0.39 is 11.6 Å². The molecule has 1 nitrogen and oxygen atoms in total. The van der Waals surface area contributed by atoms with Crippen molar-refractivity contribution in [1.29, 1.82) is 0 Å². The van der Waals surface area contributed by atoms with Gasteiger partial charge in [0.1, 0.15) is 0 Å². The predicted octanol–water partition coefficient (Wildman–Crippen LogP) is 7.43. The van der Waals surface area contributed by atoms with Crippen LogP contribution in [0.1, 0.15) is 38.7 Å². The van der Waals surface area contributed by atoms with Crippen LogP contribution in [-0.2, 0) is 6.42 Å². The Hall–Kier alpha value is -2.68. The van der Waals surface area contributed by atoms with Crippen LogP contribution in [0.2, 0.25) is 0 Å². The Morgan fingerprint density at radius 2 is 1.29 bits per heavy atom. The molecule has 0 atom stereocenters. The van der Waals surface area contributed by atoms with E-state index in [0.29, 0.717) is 12.2 Å². The second-order valence-corrected chi connectivity index (χ2v) is 6.97. The summed E-state index contributed by atoms with van der Waals surface area (Å²) in [6.07, 6.45) is 4.22. The molecule has 0 bridgehead atoms. The van der Waals surface area contributed by atoms with Gasteiger partial charge >= 0.3 is 0 Å². The summed E-state index contributed by atoms with van der Waals surface area (Å²) in [6.45, 7) is 4.47. The molecule has 0 N–H and O–H groups in total. The van der Waals surface area contributed by atoms with Crippen molar-refractivity contribution in [2.24, 2.45) is 0 Å². The first-order valence-electron chi connectivity index (χ1n) is 9.94. The van der Waals surface area contributed by atoms with E-state index in [0.717, 1.165) is 24.0 Å². The van der Waals surface area contributed by atoms with Crippen LogP contribution < -0.4 is 4.74 Å². The highest BCUT2D eigenvalue weighted by atomic mass is 19.2. The van der Waals surface area contributed by atoms with E-state index in [1.165, 1.54) is 24.5 Å². The maximum atomic E-state index is 14.5. The second-order valence-electron chi connectivity index (χ2n) is 6.97. The minimum absolute atomic E-state index is 0.0390. The number of aryl methyl sites for hydroxylation is 1. The van der Waals surface area contributed by atoms with Gasteiger partial charge < -0.3 is 4.74 Å². The maximum Gasteiger partial charge on any atom is 0.201 e. The molecule has 3 aromatic rings. The largest absolute Gasteiger partial charge is 0.490 e. The third-order valence-corrected chi connectivity index (χ3v) is 4.81. The first kappa shape index (κ1) is 20.1. The van der Waals surface area contributed by atoms with Gasteiger partial charge in [-0.3, -0.25) is 0 Å². The van der Waals surface area contributed by atoms with E-state index >= 15 is 0 Å². The minimum atomic E-state index is -0.933. The number of ether oxygens (including phenoxy) is 1. The van der Waals surface area contributed by atoms with E-state index in [-0.39, 0.29) is 11.3 Å². The van der Waals surface area contributed by atoms with Gasteiger partial charge in [-0.1, -0.05) is 68.8 Å². The average molecular weight is 380 g/mol. The van der Waals surface area contributed by atoms with Gasteiger partial charge in [0.15, 0.2) is 11.6 Å². The topological polar surface area (TPSA) is 9.23 Å². The van der Waals surface area contributed by atoms with Gasteiger partial charge in [-0.05, 0) is 53.6 Å². The van der Waals surface area contributed by atoms with Crippen LogP contribution in [0.25, 0.3) is 22.3 Å². The molecule has 0 aliphatic carbocycles. The van der Waals surface area contributed by atoms with E-state index in [9.17, 15) is 8.78 Å². The van der Waals surface area contributed by atoms with Gasteiger partial charge in [-0.15, -0.1) is 0 Å². The van der Waals surface area contributed by atoms with Crippen molar-refractivity contribution in [3.63, 3.8) is 0 Å². The summed E-state index contributed by atoms with van der Waals surface area (Å²) in [7, 11) is 0. The number of hydrogen-bond acceptors (Lipinski definition) is 1. The van der Waals surface area contributed by atoms with Gasteiger partial charge in [0.05, 0.1) is 6.61 Å². The first-order chi connectivity index (χ1) is 13.6. The summed E-state index contributed by atoms with van der Waals surface area (Å²) in [6, 6.07) is 19.1. The zero-order valence-electron chi connectivity index (χ0n) is 16.5. The number of benzene rings is 3. The molecular weight excluding hydrogens is 354 g/mol. The molecule has 0 amide bonds. The van der Waals surface area contributed by atoms with Gasteiger partial charge in [0, 0.05) is 5.56 Å². The van der Waals surface area contributed by atoms with Crippen molar-refractivity contribution in [3.8, 4) is 28.0 Å². The van der Waals surface area contributed by atoms with Crippen LogP contribution in [0.3, 0.4) is 0 Å². The molecular formula is C25H26F2O. The Bertz CT molecular complexity index is 899. The van der Waals surface area contributed by atoms with Crippen LogP contribution in [-0.4, -0.2) is 6.61 Å². The van der Waals surface area contributed by atoms with Crippen LogP contribution >= 0.6 is 0 Å². The summed E-state index contributed by atoms with van der Waals surface area (Å²) in [5, 5.41) is 0.